The molecule has 34 heavy (non-hydrogen) atoms. The molecule has 0 saturated carbocycles. The molecule has 2 aliphatic rings. The van der Waals surface area contributed by atoms with Crippen molar-refractivity contribution >= 4 is 18.0 Å². The highest BCUT2D eigenvalue weighted by Crippen LogP contribution is 2.17. The van der Waals surface area contributed by atoms with Crippen LogP contribution in [-0.2, 0) is 16.0 Å². The minimum Gasteiger partial charge on any atom is -0.343 e. The fourth-order valence-corrected chi connectivity index (χ4v) is 4.21. The first-order chi connectivity index (χ1) is 16.5. The molecule has 0 radical (unpaired) electrons. The van der Waals surface area contributed by atoms with Gasteiger partial charge in [-0.05, 0) is 24.5 Å². The monoisotopic (exact) mass is 459 g/mol. The summed E-state index contributed by atoms with van der Waals surface area (Å²) >= 11 is 0. The van der Waals surface area contributed by atoms with Crippen molar-refractivity contribution in [3.8, 4) is 0 Å². The molecule has 0 bridgehead atoms. The Labute approximate surface area is 201 Å². The fraction of sp³-hybridized carbons (Fsp3) is 0.370. The van der Waals surface area contributed by atoms with Gasteiger partial charge in [0.05, 0.1) is 12.2 Å². The number of dihydropyridines is 1. The van der Waals surface area contributed by atoms with Crippen molar-refractivity contribution in [2.24, 2.45) is 4.99 Å². The summed E-state index contributed by atoms with van der Waals surface area (Å²) in [6.45, 7) is 4.66. The van der Waals surface area contributed by atoms with Crippen LogP contribution >= 0.6 is 0 Å². The van der Waals surface area contributed by atoms with Gasteiger partial charge in [-0.1, -0.05) is 66.2 Å². The highest BCUT2D eigenvalue weighted by atomic mass is 16.2. The summed E-state index contributed by atoms with van der Waals surface area (Å²) in [5.74, 6) is 0.00738. The van der Waals surface area contributed by atoms with Crippen LogP contribution in [0.2, 0.25) is 0 Å². The van der Waals surface area contributed by atoms with Gasteiger partial charge < -0.3 is 15.5 Å². The van der Waals surface area contributed by atoms with E-state index in [1.165, 1.54) is 11.1 Å². The molecule has 7 heteroatoms. The molecule has 4 rings (SSSR count). The van der Waals surface area contributed by atoms with Crippen LogP contribution in [0, 0.1) is 6.92 Å². The van der Waals surface area contributed by atoms with Gasteiger partial charge in [-0.25, -0.2) is 0 Å². The third-order valence-electron chi connectivity index (χ3n) is 6.39. The van der Waals surface area contributed by atoms with E-state index in [0.29, 0.717) is 31.8 Å². The number of aliphatic imine (C=N–C) groups is 1. The van der Waals surface area contributed by atoms with E-state index in [2.05, 4.69) is 51.7 Å². The summed E-state index contributed by atoms with van der Waals surface area (Å²) in [5.41, 5.74) is 4.09. The Morgan fingerprint density at radius 2 is 1.88 bits per heavy atom. The van der Waals surface area contributed by atoms with Gasteiger partial charge in [0.1, 0.15) is 12.2 Å². The molecule has 7 nitrogen and oxygen atoms in total. The predicted octanol–water partition coefficient (Wildman–Crippen LogP) is 2.44. The number of allylic oxidation sites excluding steroid dienone is 1. The lowest BCUT2D eigenvalue weighted by Gasteiger charge is -2.36. The molecule has 1 saturated heterocycles. The fourth-order valence-electron chi connectivity index (χ4n) is 4.21. The quantitative estimate of drug-likeness (QED) is 0.636. The van der Waals surface area contributed by atoms with E-state index in [-0.39, 0.29) is 18.0 Å². The zero-order valence-electron chi connectivity index (χ0n) is 19.9. The maximum atomic E-state index is 13.2. The summed E-state index contributed by atoms with van der Waals surface area (Å²) in [5, 5.41) is 6.45. The van der Waals surface area contributed by atoms with Crippen molar-refractivity contribution in [1.29, 1.82) is 0 Å². The predicted molar refractivity (Wildman–Crippen MR) is 134 cm³/mol. The maximum Gasteiger partial charge on any atom is 0.246 e. The second kappa shape index (κ2) is 11.2. The average molecular weight is 460 g/mol. The third-order valence-corrected chi connectivity index (χ3v) is 6.39. The number of benzene rings is 2. The normalized spacial score (nSPS) is 19.6. The molecule has 2 aromatic rings. The molecule has 2 amide bonds. The Morgan fingerprint density at radius 1 is 1.12 bits per heavy atom. The Morgan fingerprint density at radius 3 is 2.56 bits per heavy atom. The molecule has 1 fully saturated rings. The molecule has 2 atom stereocenters. The number of carbonyl (C=O) groups is 2. The molecule has 2 unspecified atom stereocenters. The van der Waals surface area contributed by atoms with Crippen molar-refractivity contribution in [3.05, 3.63) is 83.1 Å². The number of amides is 2. The van der Waals surface area contributed by atoms with Gasteiger partial charge in [0.15, 0.2) is 0 Å². The number of nitrogens with one attached hydrogen (secondary N) is 2. The first-order valence-electron chi connectivity index (χ1n) is 11.9. The minimum absolute atomic E-state index is 0.0594. The summed E-state index contributed by atoms with van der Waals surface area (Å²) in [4.78, 5) is 33.7. The number of nitrogens with zero attached hydrogens (tertiary/aromatic N) is 3. The number of aryl methyl sites for hydroxylation is 1. The lowest BCUT2D eigenvalue weighted by Crippen LogP contribution is -2.52. The van der Waals surface area contributed by atoms with E-state index >= 15 is 0 Å². The van der Waals surface area contributed by atoms with Crippen LogP contribution in [-0.4, -0.2) is 67.2 Å². The molecule has 178 valence electrons. The number of carbonyl (C=O) groups excluding carboxylic acids is 2. The Hall–Kier alpha value is -3.29. The van der Waals surface area contributed by atoms with Crippen LogP contribution in [0.4, 0.5) is 0 Å². The van der Waals surface area contributed by atoms with E-state index < -0.39 is 6.04 Å². The second-order valence-electron chi connectivity index (χ2n) is 8.96. The van der Waals surface area contributed by atoms with Crippen LogP contribution in [0.5, 0.6) is 0 Å². The average Bonchev–Trinajstić information content (AvgIpc) is 2.85. The maximum absolute atomic E-state index is 13.2. The number of rotatable bonds is 8. The molecule has 2 aliphatic heterocycles. The molecule has 2 N–H and O–H groups in total. The zero-order valence-corrected chi connectivity index (χ0v) is 19.9. The molecular formula is C27H33N5O2. The molecule has 2 aromatic carbocycles. The van der Waals surface area contributed by atoms with Crippen LogP contribution < -0.4 is 10.6 Å². The Bertz CT molecular complexity index is 1050. The molecule has 2 heterocycles. The van der Waals surface area contributed by atoms with Crippen molar-refractivity contribution in [1.82, 2.24) is 20.4 Å². The Kier molecular flexibility index (Phi) is 7.87. The minimum atomic E-state index is -0.464. The van der Waals surface area contributed by atoms with Gasteiger partial charge >= 0.3 is 0 Å². The highest BCUT2D eigenvalue weighted by molar-refractivity contribution is 5.91. The summed E-state index contributed by atoms with van der Waals surface area (Å²) < 4.78 is 0. The van der Waals surface area contributed by atoms with Crippen molar-refractivity contribution < 1.29 is 9.59 Å². The highest BCUT2D eigenvalue weighted by Gasteiger charge is 2.27. The number of likely N-dealkylation sites (N-methyl/N-ethyl adjacent to an activating group) is 1. The van der Waals surface area contributed by atoms with E-state index in [1.807, 2.05) is 43.5 Å². The van der Waals surface area contributed by atoms with E-state index in [9.17, 15) is 9.59 Å². The van der Waals surface area contributed by atoms with Gasteiger partial charge in [0, 0.05) is 39.3 Å². The van der Waals surface area contributed by atoms with Gasteiger partial charge in [0.2, 0.25) is 11.8 Å². The smallest absolute Gasteiger partial charge is 0.246 e. The second-order valence-corrected chi connectivity index (χ2v) is 8.96. The summed E-state index contributed by atoms with van der Waals surface area (Å²) in [6, 6.07) is 17.8. The number of hydrogen-bond donors (Lipinski definition) is 2. The van der Waals surface area contributed by atoms with Gasteiger partial charge in [-0.15, -0.1) is 0 Å². The SMILES string of the molecule is Cc1ccc(CCNC(C(=O)NC2=CCC(N3CCN(C)C(=O)C3)N=C2)c2ccccc2)cc1. The number of hydrogen-bond acceptors (Lipinski definition) is 5. The zero-order chi connectivity index (χ0) is 23.9. The van der Waals surface area contributed by atoms with Crippen molar-refractivity contribution in [2.45, 2.75) is 32.0 Å². The Balaban J connectivity index is 1.35. The number of piperazine rings is 1. The lowest BCUT2D eigenvalue weighted by molar-refractivity contribution is -0.135. The first kappa shape index (κ1) is 23.9. The molecule has 0 aromatic heterocycles. The molecule has 0 spiro atoms. The lowest BCUT2D eigenvalue weighted by atomic mass is 10.0. The van der Waals surface area contributed by atoms with E-state index in [0.717, 1.165) is 18.5 Å². The van der Waals surface area contributed by atoms with E-state index in [4.69, 9.17) is 0 Å². The summed E-state index contributed by atoms with van der Waals surface area (Å²) in [6.07, 6.45) is 5.15. The van der Waals surface area contributed by atoms with Crippen LogP contribution in [0.1, 0.15) is 29.2 Å². The van der Waals surface area contributed by atoms with Gasteiger partial charge in [-0.3, -0.25) is 19.5 Å². The molecule has 0 aliphatic carbocycles. The standard InChI is InChI=1S/C27H33N5O2/c1-20-8-10-21(11-9-20)14-15-28-26(22-6-4-3-5-7-22)27(34)30-23-12-13-24(29-18-23)32-17-16-31(2)25(33)19-32/h3-12,18,24,26,28H,13-17,19H2,1-2H3,(H,30,34). The largest absolute Gasteiger partial charge is 0.343 e. The van der Waals surface area contributed by atoms with Gasteiger partial charge in [-0.2, -0.15) is 0 Å². The van der Waals surface area contributed by atoms with Gasteiger partial charge in [0.25, 0.3) is 0 Å². The van der Waals surface area contributed by atoms with Crippen LogP contribution in [0.25, 0.3) is 0 Å². The van der Waals surface area contributed by atoms with Crippen LogP contribution in [0.3, 0.4) is 0 Å². The van der Waals surface area contributed by atoms with E-state index in [1.54, 1.807) is 11.1 Å². The third kappa shape index (κ3) is 6.18. The summed E-state index contributed by atoms with van der Waals surface area (Å²) in [7, 11) is 1.83. The molecular weight excluding hydrogens is 426 g/mol. The first-order valence-corrected chi connectivity index (χ1v) is 11.9. The van der Waals surface area contributed by atoms with Crippen molar-refractivity contribution in [2.75, 3.05) is 33.2 Å². The van der Waals surface area contributed by atoms with Crippen LogP contribution in [0.15, 0.2) is 71.4 Å². The topological polar surface area (TPSA) is 77.0 Å². The van der Waals surface area contributed by atoms with Crippen molar-refractivity contribution in [3.63, 3.8) is 0 Å².